The Hall–Kier alpha value is -1.94. The van der Waals surface area contributed by atoms with Gasteiger partial charge < -0.3 is 9.30 Å². The molecular formula is C15H11Cl2N3O4S2. The fraction of sp³-hybridized carbons (Fsp3) is 0.200. The number of methoxy groups -OCH3 is 1. The van der Waals surface area contributed by atoms with Crippen LogP contribution in [0.25, 0.3) is 10.2 Å². The van der Waals surface area contributed by atoms with Crippen LogP contribution in [0.5, 0.6) is 5.75 Å². The molecule has 0 radical (unpaired) electrons. The average molecular weight is 432 g/mol. The second-order valence-electron chi connectivity index (χ2n) is 5.04. The first-order chi connectivity index (χ1) is 12.3. The number of aromatic nitrogens is 1. The summed E-state index contributed by atoms with van der Waals surface area (Å²) in [7, 11) is 1.44. The molecule has 0 fully saturated rings. The van der Waals surface area contributed by atoms with Gasteiger partial charge in [0, 0.05) is 12.6 Å². The highest BCUT2D eigenvalue weighted by Crippen LogP contribution is 2.33. The monoisotopic (exact) mass is 431 g/mol. The number of halogens is 2. The molecule has 0 N–H and O–H groups in total. The minimum absolute atomic E-state index is 0.0932. The lowest BCUT2D eigenvalue weighted by Gasteiger charge is -2.06. The molecule has 1 aromatic carbocycles. The molecule has 0 aliphatic heterocycles. The normalized spacial score (nSPS) is 11.9. The van der Waals surface area contributed by atoms with E-state index >= 15 is 0 Å². The van der Waals surface area contributed by atoms with Crippen molar-refractivity contribution in [2.24, 2.45) is 4.99 Å². The van der Waals surface area contributed by atoms with Crippen molar-refractivity contribution in [3.05, 3.63) is 47.4 Å². The number of nitro benzene ring substituents is 1. The largest absolute Gasteiger partial charge is 0.494 e. The number of nitro groups is 1. The molecule has 3 aromatic rings. The number of carbonyl (C=O) groups excluding carboxylic acids is 1. The molecule has 0 bridgehead atoms. The number of thiophene rings is 1. The maximum atomic E-state index is 12.5. The molecule has 7 nitrogen and oxygen atoms in total. The quantitative estimate of drug-likeness (QED) is 0.440. The molecule has 1 amide bonds. The standard InChI is InChI=1S/C15H11Cl2N3O4S2/c1-3-19-12-9(24-2)4-7(20(22)23)5-10(12)25-15(19)18-14(21)8-6-11(16)26-13(8)17/h4-6H,3H2,1-2H3. The van der Waals surface area contributed by atoms with Gasteiger partial charge in [0.2, 0.25) is 0 Å². The van der Waals surface area contributed by atoms with Gasteiger partial charge in [-0.05, 0) is 13.0 Å². The highest BCUT2D eigenvalue weighted by atomic mass is 35.5. The SMILES string of the molecule is CCn1c(=NC(=O)c2cc(Cl)sc2Cl)sc2cc([N+](=O)[O-])cc(OC)c21. The zero-order valence-electron chi connectivity index (χ0n) is 13.5. The first-order valence-corrected chi connectivity index (χ1v) is 9.64. The van der Waals surface area contributed by atoms with Crippen molar-refractivity contribution in [1.29, 1.82) is 0 Å². The third-order valence-electron chi connectivity index (χ3n) is 3.56. The topological polar surface area (TPSA) is 86.7 Å². The van der Waals surface area contributed by atoms with Gasteiger partial charge in [-0.15, -0.1) is 11.3 Å². The van der Waals surface area contributed by atoms with Crippen molar-refractivity contribution in [3.63, 3.8) is 0 Å². The van der Waals surface area contributed by atoms with Crippen molar-refractivity contribution in [2.75, 3.05) is 7.11 Å². The third-order valence-corrected chi connectivity index (χ3v) is 6.07. The zero-order valence-corrected chi connectivity index (χ0v) is 16.6. The summed E-state index contributed by atoms with van der Waals surface area (Å²) in [5.74, 6) is -0.182. The number of non-ortho nitro benzene ring substituents is 1. The second-order valence-corrected chi connectivity index (χ2v) is 8.33. The number of fused-ring (bicyclic) bond motifs is 1. The maximum absolute atomic E-state index is 12.5. The second kappa shape index (κ2) is 7.36. The van der Waals surface area contributed by atoms with Gasteiger partial charge >= 0.3 is 0 Å². The molecule has 3 rings (SSSR count). The first kappa shape index (κ1) is 18.8. The van der Waals surface area contributed by atoms with Crippen molar-refractivity contribution < 1.29 is 14.5 Å². The molecule has 2 aromatic heterocycles. The number of nitrogens with zero attached hydrogens (tertiary/aromatic N) is 3. The zero-order chi connectivity index (χ0) is 19.0. The van der Waals surface area contributed by atoms with Gasteiger partial charge in [0.15, 0.2) is 10.6 Å². The van der Waals surface area contributed by atoms with Gasteiger partial charge in [-0.1, -0.05) is 34.5 Å². The Morgan fingerprint density at radius 3 is 2.62 bits per heavy atom. The average Bonchev–Trinajstić information content (AvgIpc) is 3.12. The highest BCUT2D eigenvalue weighted by Gasteiger charge is 2.19. The van der Waals surface area contributed by atoms with E-state index in [1.165, 1.54) is 25.3 Å². The van der Waals surface area contributed by atoms with Crippen LogP contribution in [0.4, 0.5) is 5.69 Å². The van der Waals surface area contributed by atoms with E-state index < -0.39 is 10.8 Å². The summed E-state index contributed by atoms with van der Waals surface area (Å²) in [4.78, 5) is 27.6. The Kier molecular flexibility index (Phi) is 5.33. The Bertz CT molecular complexity index is 1100. The van der Waals surface area contributed by atoms with E-state index in [2.05, 4.69) is 4.99 Å². The Morgan fingerprint density at radius 2 is 2.08 bits per heavy atom. The van der Waals surface area contributed by atoms with Gasteiger partial charge in [0.1, 0.15) is 9.85 Å². The molecule has 0 saturated carbocycles. The molecule has 0 atom stereocenters. The van der Waals surface area contributed by atoms with Crippen LogP contribution in [0.1, 0.15) is 17.3 Å². The number of rotatable bonds is 4. The molecule has 2 heterocycles. The van der Waals surface area contributed by atoms with Crippen LogP contribution >= 0.6 is 45.9 Å². The minimum Gasteiger partial charge on any atom is -0.494 e. The van der Waals surface area contributed by atoms with Crippen molar-refractivity contribution >= 4 is 67.7 Å². The van der Waals surface area contributed by atoms with Crippen LogP contribution < -0.4 is 9.54 Å². The summed E-state index contributed by atoms with van der Waals surface area (Å²) in [6, 6.07) is 4.25. The summed E-state index contributed by atoms with van der Waals surface area (Å²) in [6.07, 6.45) is 0. The van der Waals surface area contributed by atoms with Gasteiger partial charge in [-0.25, -0.2) is 0 Å². The van der Waals surface area contributed by atoms with Crippen molar-refractivity contribution in [3.8, 4) is 5.75 Å². The Balaban J connectivity index is 2.24. The van der Waals surface area contributed by atoms with Crippen LogP contribution in [0.15, 0.2) is 23.2 Å². The lowest BCUT2D eigenvalue weighted by atomic mass is 10.2. The molecule has 136 valence electrons. The number of carbonyl (C=O) groups is 1. The van der Waals surface area contributed by atoms with E-state index in [1.54, 1.807) is 4.57 Å². The molecule has 0 aliphatic rings. The smallest absolute Gasteiger partial charge is 0.282 e. The van der Waals surface area contributed by atoms with Crippen LogP contribution in [-0.2, 0) is 6.54 Å². The fourth-order valence-electron chi connectivity index (χ4n) is 2.43. The van der Waals surface area contributed by atoms with Gasteiger partial charge in [0.25, 0.3) is 11.6 Å². The lowest BCUT2D eigenvalue weighted by Crippen LogP contribution is -2.16. The van der Waals surface area contributed by atoms with Crippen LogP contribution in [0.2, 0.25) is 8.67 Å². The minimum atomic E-state index is -0.527. The number of amides is 1. The van der Waals surface area contributed by atoms with E-state index in [-0.39, 0.29) is 15.6 Å². The van der Waals surface area contributed by atoms with E-state index in [1.807, 2.05) is 6.92 Å². The molecule has 11 heteroatoms. The molecule has 0 aliphatic carbocycles. The number of hydrogen-bond donors (Lipinski definition) is 0. The van der Waals surface area contributed by atoms with Gasteiger partial charge in [-0.2, -0.15) is 4.99 Å². The van der Waals surface area contributed by atoms with E-state index in [4.69, 9.17) is 27.9 Å². The number of ether oxygens (including phenoxy) is 1. The van der Waals surface area contributed by atoms with Crippen LogP contribution in [0.3, 0.4) is 0 Å². The van der Waals surface area contributed by atoms with Gasteiger partial charge in [0.05, 0.1) is 32.7 Å². The van der Waals surface area contributed by atoms with Crippen LogP contribution in [-0.4, -0.2) is 22.5 Å². The summed E-state index contributed by atoms with van der Waals surface area (Å²) in [5, 5.41) is 11.1. The van der Waals surface area contributed by atoms with E-state index in [0.717, 1.165) is 22.7 Å². The lowest BCUT2D eigenvalue weighted by molar-refractivity contribution is -0.384. The predicted molar refractivity (Wildman–Crippen MR) is 103 cm³/mol. The molecule has 26 heavy (non-hydrogen) atoms. The van der Waals surface area contributed by atoms with E-state index in [0.29, 0.717) is 31.6 Å². The number of thiazole rings is 1. The summed E-state index contributed by atoms with van der Waals surface area (Å²) in [6.45, 7) is 2.38. The molecular weight excluding hydrogens is 421 g/mol. The van der Waals surface area contributed by atoms with Crippen molar-refractivity contribution in [2.45, 2.75) is 13.5 Å². The number of hydrogen-bond acceptors (Lipinski definition) is 6. The fourth-order valence-corrected chi connectivity index (χ4v) is 5.02. The van der Waals surface area contributed by atoms with Crippen molar-refractivity contribution in [1.82, 2.24) is 4.57 Å². The molecule has 0 saturated heterocycles. The summed E-state index contributed by atoms with van der Waals surface area (Å²) < 4.78 is 8.33. The Morgan fingerprint density at radius 1 is 1.35 bits per heavy atom. The predicted octanol–water partition coefficient (Wildman–Crippen LogP) is 4.75. The summed E-state index contributed by atoms with van der Waals surface area (Å²) in [5.41, 5.74) is 0.774. The summed E-state index contributed by atoms with van der Waals surface area (Å²) >= 11 is 14.1. The van der Waals surface area contributed by atoms with Gasteiger partial charge in [-0.3, -0.25) is 14.9 Å². The molecule has 0 unspecified atom stereocenters. The molecule has 0 spiro atoms. The number of aryl methyl sites for hydroxylation is 1. The first-order valence-electron chi connectivity index (χ1n) is 7.25. The van der Waals surface area contributed by atoms with Crippen LogP contribution in [0, 0.1) is 10.1 Å². The number of benzene rings is 1. The highest BCUT2D eigenvalue weighted by molar-refractivity contribution is 7.20. The van der Waals surface area contributed by atoms with E-state index in [9.17, 15) is 14.9 Å². The third kappa shape index (κ3) is 3.35. The maximum Gasteiger partial charge on any atom is 0.282 e. The Labute approximate surface area is 165 Å².